The van der Waals surface area contributed by atoms with Gasteiger partial charge < -0.3 is 16.8 Å². The maximum atomic E-state index is 10.4. The standard InChI is InChI=1S/C10H17N7O2S2/c1-13-8(4-17(18)19)14-6-20-3-2-7-5-21-10(15-7)16-9(11)12/h5H,2-4,6H2,1H3,(H,13,14)(H4,11,12,15,16). The van der Waals surface area contributed by atoms with Gasteiger partial charge in [0.1, 0.15) is 0 Å². The number of guanidine groups is 1. The summed E-state index contributed by atoms with van der Waals surface area (Å²) in [7, 11) is 1.52. The average Bonchev–Trinajstić information content (AvgIpc) is 2.83. The fourth-order valence-corrected chi connectivity index (χ4v) is 2.79. The van der Waals surface area contributed by atoms with Gasteiger partial charge in [0.25, 0.3) is 6.54 Å². The van der Waals surface area contributed by atoms with Gasteiger partial charge >= 0.3 is 0 Å². The summed E-state index contributed by atoms with van der Waals surface area (Å²) in [5.74, 6) is 1.75. The van der Waals surface area contributed by atoms with Gasteiger partial charge in [-0.1, -0.05) is 0 Å². The van der Waals surface area contributed by atoms with Gasteiger partial charge in [-0.2, -0.15) is 4.99 Å². The number of aryl methyl sites for hydroxylation is 1. The fraction of sp³-hybridized carbons (Fsp3) is 0.500. The second-order valence-corrected chi connectivity index (χ2v) is 5.74. The van der Waals surface area contributed by atoms with E-state index in [4.69, 9.17) is 11.5 Å². The Hall–Kier alpha value is -1.88. The highest BCUT2D eigenvalue weighted by Crippen LogP contribution is 2.19. The molecule has 0 spiro atoms. The van der Waals surface area contributed by atoms with Gasteiger partial charge in [0.15, 0.2) is 11.8 Å². The first-order valence-electron chi connectivity index (χ1n) is 5.94. The van der Waals surface area contributed by atoms with Crippen molar-refractivity contribution in [1.82, 2.24) is 10.3 Å². The van der Waals surface area contributed by atoms with Gasteiger partial charge in [-0.3, -0.25) is 15.1 Å². The smallest absolute Gasteiger partial charge is 0.259 e. The van der Waals surface area contributed by atoms with Crippen LogP contribution in [0.5, 0.6) is 0 Å². The maximum Gasteiger partial charge on any atom is 0.259 e. The van der Waals surface area contributed by atoms with Crippen molar-refractivity contribution < 1.29 is 4.92 Å². The maximum absolute atomic E-state index is 10.4. The third kappa shape index (κ3) is 7.46. The van der Waals surface area contributed by atoms with E-state index in [9.17, 15) is 10.1 Å². The molecule has 1 aromatic heterocycles. The van der Waals surface area contributed by atoms with Crippen LogP contribution in [-0.2, 0) is 6.42 Å². The molecule has 0 radical (unpaired) electrons. The topological polar surface area (TPSA) is 145 Å². The molecule has 5 N–H and O–H groups in total. The van der Waals surface area contributed by atoms with Crippen LogP contribution in [0.25, 0.3) is 0 Å². The van der Waals surface area contributed by atoms with Gasteiger partial charge in [-0.25, -0.2) is 4.98 Å². The van der Waals surface area contributed by atoms with Crippen LogP contribution in [-0.4, -0.2) is 46.9 Å². The predicted octanol–water partition coefficient (Wildman–Crippen LogP) is 0.176. The Morgan fingerprint density at radius 3 is 3.00 bits per heavy atom. The molecule has 1 heterocycles. The average molecular weight is 331 g/mol. The molecule has 0 atom stereocenters. The number of nitrogens with one attached hydrogen (secondary N) is 1. The van der Waals surface area contributed by atoms with Crippen molar-refractivity contribution >= 4 is 40.0 Å². The Kier molecular flexibility index (Phi) is 7.46. The van der Waals surface area contributed by atoms with Crippen LogP contribution >= 0.6 is 23.1 Å². The zero-order valence-corrected chi connectivity index (χ0v) is 13.1. The highest BCUT2D eigenvalue weighted by atomic mass is 32.2. The Morgan fingerprint density at radius 2 is 2.38 bits per heavy atom. The largest absolute Gasteiger partial charge is 0.370 e. The summed E-state index contributed by atoms with van der Waals surface area (Å²) in [6, 6.07) is 0. The summed E-state index contributed by atoms with van der Waals surface area (Å²) < 4.78 is 0. The van der Waals surface area contributed by atoms with Gasteiger partial charge in [0.2, 0.25) is 5.13 Å². The van der Waals surface area contributed by atoms with Crippen molar-refractivity contribution in [2.24, 2.45) is 21.5 Å². The monoisotopic (exact) mass is 331 g/mol. The lowest BCUT2D eigenvalue weighted by Gasteiger charge is -2.05. The first-order valence-corrected chi connectivity index (χ1v) is 7.97. The first-order chi connectivity index (χ1) is 10.0. The van der Waals surface area contributed by atoms with Crippen molar-refractivity contribution in [1.29, 1.82) is 0 Å². The lowest BCUT2D eigenvalue weighted by atomic mass is 10.4. The quantitative estimate of drug-likeness (QED) is 0.154. The number of aliphatic imine (C=N–C) groups is 2. The van der Waals surface area contributed by atoms with Crippen LogP contribution in [0.1, 0.15) is 5.69 Å². The number of amidine groups is 1. The molecule has 0 aliphatic rings. The van der Waals surface area contributed by atoms with Gasteiger partial charge in [-0.15, -0.1) is 23.1 Å². The van der Waals surface area contributed by atoms with Crippen molar-refractivity contribution in [3.8, 4) is 0 Å². The lowest BCUT2D eigenvalue weighted by molar-refractivity contribution is -0.463. The summed E-state index contributed by atoms with van der Waals surface area (Å²) >= 11 is 2.99. The number of nitrogens with zero attached hydrogens (tertiary/aromatic N) is 4. The summed E-state index contributed by atoms with van der Waals surface area (Å²) in [5.41, 5.74) is 11.5. The minimum Gasteiger partial charge on any atom is -0.370 e. The highest BCUT2D eigenvalue weighted by Gasteiger charge is 2.05. The Balaban J connectivity index is 2.24. The van der Waals surface area contributed by atoms with Crippen LogP contribution < -0.4 is 16.8 Å². The van der Waals surface area contributed by atoms with E-state index in [0.717, 1.165) is 17.9 Å². The number of thiazole rings is 1. The number of aromatic nitrogens is 1. The van der Waals surface area contributed by atoms with E-state index >= 15 is 0 Å². The molecule has 0 fully saturated rings. The SMILES string of the molecule is CN=C(C[N+](=O)[O-])NCSCCc1csc(N=C(N)N)n1. The molecule has 11 heteroatoms. The van der Waals surface area contributed by atoms with Crippen molar-refractivity contribution in [2.75, 3.05) is 25.2 Å². The number of nitrogens with two attached hydrogens (primary N) is 2. The van der Waals surface area contributed by atoms with E-state index in [-0.39, 0.29) is 12.5 Å². The summed E-state index contributed by atoms with van der Waals surface area (Å²) in [6.45, 7) is -0.287. The molecule has 0 aliphatic carbocycles. The van der Waals surface area contributed by atoms with E-state index in [0.29, 0.717) is 16.8 Å². The predicted molar refractivity (Wildman–Crippen MR) is 87.0 cm³/mol. The minimum absolute atomic E-state index is 0.00773. The summed E-state index contributed by atoms with van der Waals surface area (Å²) in [6.07, 6.45) is 0.774. The van der Waals surface area contributed by atoms with E-state index in [1.54, 1.807) is 11.8 Å². The molecule has 0 saturated heterocycles. The molecule has 1 aromatic rings. The molecule has 0 unspecified atom stereocenters. The highest BCUT2D eigenvalue weighted by molar-refractivity contribution is 7.99. The Labute approximate surface area is 130 Å². The zero-order valence-electron chi connectivity index (χ0n) is 11.5. The van der Waals surface area contributed by atoms with Crippen LogP contribution in [0.15, 0.2) is 15.4 Å². The lowest BCUT2D eigenvalue weighted by Crippen LogP contribution is -2.30. The minimum atomic E-state index is -0.416. The molecular weight excluding hydrogens is 314 g/mol. The summed E-state index contributed by atoms with van der Waals surface area (Å²) in [4.78, 5) is 21.9. The van der Waals surface area contributed by atoms with Gasteiger partial charge in [0, 0.05) is 23.1 Å². The molecule has 0 aromatic carbocycles. The molecule has 21 heavy (non-hydrogen) atoms. The van der Waals surface area contributed by atoms with Crippen molar-refractivity contribution in [3.63, 3.8) is 0 Å². The molecule has 0 amide bonds. The number of thioether (sulfide) groups is 1. The van der Waals surface area contributed by atoms with E-state index in [1.165, 1.54) is 18.4 Å². The Morgan fingerprint density at radius 1 is 1.62 bits per heavy atom. The fourth-order valence-electron chi connectivity index (χ4n) is 1.28. The number of hydrogen-bond acceptors (Lipinski definition) is 7. The van der Waals surface area contributed by atoms with Gasteiger partial charge in [0.05, 0.1) is 11.6 Å². The molecule has 0 saturated carbocycles. The van der Waals surface area contributed by atoms with Crippen LogP contribution in [0.2, 0.25) is 0 Å². The Bertz CT molecular complexity index is 525. The van der Waals surface area contributed by atoms with E-state index < -0.39 is 4.92 Å². The molecule has 0 bridgehead atoms. The van der Waals surface area contributed by atoms with Crippen molar-refractivity contribution in [3.05, 3.63) is 21.2 Å². The van der Waals surface area contributed by atoms with Crippen LogP contribution in [0.4, 0.5) is 5.13 Å². The molecule has 1 rings (SSSR count). The third-order valence-electron chi connectivity index (χ3n) is 2.19. The van der Waals surface area contributed by atoms with Crippen LogP contribution in [0, 0.1) is 10.1 Å². The summed E-state index contributed by atoms with van der Waals surface area (Å²) in [5, 5.41) is 15.7. The number of hydrogen-bond donors (Lipinski definition) is 3. The first kappa shape index (κ1) is 17.2. The van der Waals surface area contributed by atoms with Crippen LogP contribution in [0.3, 0.4) is 0 Å². The number of nitro groups is 1. The van der Waals surface area contributed by atoms with E-state index in [1.807, 2.05) is 5.38 Å². The molecule has 116 valence electrons. The third-order valence-corrected chi connectivity index (χ3v) is 3.82. The second kappa shape index (κ2) is 9.13. The van der Waals surface area contributed by atoms with Crippen molar-refractivity contribution in [2.45, 2.75) is 6.42 Å². The number of rotatable bonds is 8. The molecule has 0 aliphatic heterocycles. The normalized spacial score (nSPS) is 11.2. The zero-order chi connectivity index (χ0) is 15.7. The van der Waals surface area contributed by atoms with Gasteiger partial charge in [-0.05, 0) is 6.42 Å². The second-order valence-electron chi connectivity index (χ2n) is 3.80. The van der Waals surface area contributed by atoms with E-state index in [2.05, 4.69) is 20.3 Å². The molecular formula is C10H17N7O2S2. The molecule has 9 nitrogen and oxygen atoms in total.